The lowest BCUT2D eigenvalue weighted by molar-refractivity contribution is 0.101. The highest BCUT2D eigenvalue weighted by molar-refractivity contribution is 9.10. The Kier molecular flexibility index (Phi) is 7.45. The summed E-state index contributed by atoms with van der Waals surface area (Å²) in [6.07, 6.45) is 2.71. The van der Waals surface area contributed by atoms with Gasteiger partial charge in [0.15, 0.2) is 0 Å². The van der Waals surface area contributed by atoms with Crippen molar-refractivity contribution in [3.05, 3.63) is 88.4 Å². The molecule has 0 atom stereocenters. The fourth-order valence-electron chi connectivity index (χ4n) is 3.73. The summed E-state index contributed by atoms with van der Waals surface area (Å²) in [4.78, 5) is 25.4. The van der Waals surface area contributed by atoms with E-state index in [9.17, 15) is 18.0 Å². The highest BCUT2D eigenvalue weighted by Gasteiger charge is 2.26. The van der Waals surface area contributed by atoms with E-state index < -0.39 is 15.9 Å². The van der Waals surface area contributed by atoms with Gasteiger partial charge >= 0.3 is 0 Å². The van der Waals surface area contributed by atoms with E-state index in [4.69, 9.17) is 0 Å². The van der Waals surface area contributed by atoms with Gasteiger partial charge in [-0.25, -0.2) is 8.42 Å². The van der Waals surface area contributed by atoms with Crippen molar-refractivity contribution in [2.45, 2.75) is 24.2 Å². The van der Waals surface area contributed by atoms with Gasteiger partial charge in [-0.15, -0.1) is 0 Å². The number of benzene rings is 3. The third-order valence-corrected chi connectivity index (χ3v) is 7.96. The number of carbonyl (C=O) groups is 2. The Morgan fingerprint density at radius 3 is 1.97 bits per heavy atom. The molecule has 0 spiro atoms. The molecule has 176 valence electrons. The number of rotatable bonds is 6. The molecule has 0 radical (unpaired) electrons. The van der Waals surface area contributed by atoms with Gasteiger partial charge in [-0.2, -0.15) is 4.31 Å². The molecule has 4 rings (SSSR count). The largest absolute Gasteiger partial charge is 0.322 e. The number of anilines is 2. The third-order valence-electron chi connectivity index (χ3n) is 5.53. The van der Waals surface area contributed by atoms with Crippen molar-refractivity contribution >= 4 is 49.1 Å². The molecular formula is C25H24BrN3O4S. The van der Waals surface area contributed by atoms with E-state index in [-0.39, 0.29) is 16.4 Å². The maximum Gasteiger partial charge on any atom is 0.255 e. The molecule has 2 N–H and O–H groups in total. The van der Waals surface area contributed by atoms with Gasteiger partial charge in [0.05, 0.1) is 4.90 Å². The number of hydrogen-bond acceptors (Lipinski definition) is 4. The summed E-state index contributed by atoms with van der Waals surface area (Å²) in [5.41, 5.74) is 1.74. The van der Waals surface area contributed by atoms with Gasteiger partial charge in [0.2, 0.25) is 10.0 Å². The SMILES string of the molecule is O=C(Nc1cccc(NC(=O)c2cccc(S(=O)(=O)N3CCCCC3)c2)c1)c1ccc(Br)cc1. The second-order valence-electron chi connectivity index (χ2n) is 7.99. The van der Waals surface area contributed by atoms with Crippen molar-refractivity contribution in [1.82, 2.24) is 4.31 Å². The van der Waals surface area contributed by atoms with Crippen LogP contribution in [-0.4, -0.2) is 37.6 Å². The van der Waals surface area contributed by atoms with Crippen LogP contribution in [0.5, 0.6) is 0 Å². The highest BCUT2D eigenvalue weighted by atomic mass is 79.9. The van der Waals surface area contributed by atoms with Crippen LogP contribution in [-0.2, 0) is 10.0 Å². The predicted molar refractivity (Wildman–Crippen MR) is 136 cm³/mol. The molecule has 3 aromatic carbocycles. The molecule has 0 aromatic heterocycles. The Hall–Kier alpha value is -3.01. The summed E-state index contributed by atoms with van der Waals surface area (Å²) in [6.45, 7) is 0.995. The minimum absolute atomic E-state index is 0.109. The average Bonchev–Trinajstić information content (AvgIpc) is 2.85. The standard InChI is InChI=1S/C25H24BrN3O4S/c26-20-12-10-18(11-13-20)24(30)27-21-7-5-8-22(17-21)28-25(31)19-6-4-9-23(16-19)34(32,33)29-14-2-1-3-15-29/h4-13,16-17H,1-3,14-15H2,(H,27,30)(H,28,31). The molecule has 0 saturated carbocycles. The second-order valence-corrected chi connectivity index (χ2v) is 10.8. The molecule has 7 nitrogen and oxygen atoms in total. The first kappa shape index (κ1) is 24.1. The monoisotopic (exact) mass is 541 g/mol. The highest BCUT2D eigenvalue weighted by Crippen LogP contribution is 2.22. The smallest absolute Gasteiger partial charge is 0.255 e. The number of amides is 2. The molecule has 0 unspecified atom stereocenters. The maximum atomic E-state index is 13.0. The molecule has 1 aliphatic heterocycles. The second kappa shape index (κ2) is 10.5. The van der Waals surface area contributed by atoms with Gasteiger partial charge in [-0.05, 0) is 73.5 Å². The Morgan fingerprint density at radius 2 is 1.32 bits per heavy atom. The lowest BCUT2D eigenvalue weighted by Gasteiger charge is -2.26. The summed E-state index contributed by atoms with van der Waals surface area (Å²) >= 11 is 3.34. The van der Waals surface area contributed by atoms with Crippen LogP contribution in [0.15, 0.2) is 82.2 Å². The van der Waals surface area contributed by atoms with Crippen molar-refractivity contribution in [1.29, 1.82) is 0 Å². The number of nitrogens with one attached hydrogen (secondary N) is 2. The molecule has 9 heteroatoms. The Labute approximate surface area is 207 Å². The van der Waals surface area contributed by atoms with Gasteiger partial charge < -0.3 is 10.6 Å². The van der Waals surface area contributed by atoms with E-state index in [0.717, 1.165) is 23.7 Å². The van der Waals surface area contributed by atoms with E-state index in [1.807, 2.05) is 0 Å². The zero-order valence-corrected chi connectivity index (χ0v) is 20.7. The first-order valence-corrected chi connectivity index (χ1v) is 13.1. The van der Waals surface area contributed by atoms with Crippen molar-refractivity contribution in [3.63, 3.8) is 0 Å². The van der Waals surface area contributed by atoms with Crippen LogP contribution in [0.2, 0.25) is 0 Å². The van der Waals surface area contributed by atoms with Crippen molar-refractivity contribution < 1.29 is 18.0 Å². The average molecular weight is 542 g/mol. The van der Waals surface area contributed by atoms with E-state index >= 15 is 0 Å². The Balaban J connectivity index is 1.46. The van der Waals surface area contributed by atoms with Gasteiger partial charge in [-0.3, -0.25) is 9.59 Å². The number of hydrogen-bond donors (Lipinski definition) is 2. The number of nitrogens with zero attached hydrogens (tertiary/aromatic N) is 1. The molecule has 34 heavy (non-hydrogen) atoms. The van der Waals surface area contributed by atoms with E-state index in [1.54, 1.807) is 60.7 Å². The fourth-order valence-corrected chi connectivity index (χ4v) is 5.56. The van der Waals surface area contributed by atoms with E-state index in [0.29, 0.717) is 30.0 Å². The quantitative estimate of drug-likeness (QED) is 0.452. The summed E-state index contributed by atoms with van der Waals surface area (Å²) in [7, 11) is -3.64. The minimum Gasteiger partial charge on any atom is -0.322 e. The summed E-state index contributed by atoms with van der Waals surface area (Å²) in [5, 5.41) is 5.58. The van der Waals surface area contributed by atoms with E-state index in [1.165, 1.54) is 16.4 Å². The van der Waals surface area contributed by atoms with Gasteiger partial charge in [0.1, 0.15) is 0 Å². The first-order chi connectivity index (χ1) is 16.3. The summed E-state index contributed by atoms with van der Waals surface area (Å²) < 4.78 is 28.3. The molecule has 0 aliphatic carbocycles. The topological polar surface area (TPSA) is 95.6 Å². The number of piperidine rings is 1. The Morgan fingerprint density at radius 1 is 0.735 bits per heavy atom. The number of halogens is 1. The number of sulfonamides is 1. The van der Waals surface area contributed by atoms with Crippen LogP contribution >= 0.6 is 15.9 Å². The lowest BCUT2D eigenvalue weighted by atomic mass is 10.2. The van der Waals surface area contributed by atoms with Crippen LogP contribution in [0, 0.1) is 0 Å². The third kappa shape index (κ3) is 5.72. The van der Waals surface area contributed by atoms with E-state index in [2.05, 4.69) is 26.6 Å². The van der Waals surface area contributed by atoms with Crippen molar-refractivity contribution in [2.24, 2.45) is 0 Å². The lowest BCUT2D eigenvalue weighted by Crippen LogP contribution is -2.35. The van der Waals surface area contributed by atoms with Crippen LogP contribution < -0.4 is 10.6 Å². The van der Waals surface area contributed by atoms with Crippen LogP contribution in [0.25, 0.3) is 0 Å². The molecular weight excluding hydrogens is 518 g/mol. The molecule has 1 aliphatic rings. The molecule has 1 saturated heterocycles. The van der Waals surface area contributed by atoms with Crippen molar-refractivity contribution in [2.75, 3.05) is 23.7 Å². The summed E-state index contributed by atoms with van der Waals surface area (Å²) in [5.74, 6) is -0.710. The molecule has 2 amide bonds. The fraction of sp³-hybridized carbons (Fsp3) is 0.200. The normalized spacial score (nSPS) is 14.4. The van der Waals surface area contributed by atoms with Crippen molar-refractivity contribution in [3.8, 4) is 0 Å². The molecule has 0 bridgehead atoms. The van der Waals surface area contributed by atoms with Crippen LogP contribution in [0.1, 0.15) is 40.0 Å². The molecule has 3 aromatic rings. The van der Waals surface area contributed by atoms with Crippen LogP contribution in [0.3, 0.4) is 0 Å². The Bertz CT molecular complexity index is 1300. The van der Waals surface area contributed by atoms with Gasteiger partial charge in [-0.1, -0.05) is 34.5 Å². The van der Waals surface area contributed by atoms with Gasteiger partial charge in [0, 0.05) is 40.1 Å². The molecule has 1 heterocycles. The predicted octanol–water partition coefficient (Wildman–Crippen LogP) is 5.13. The van der Waals surface area contributed by atoms with Crippen LogP contribution in [0.4, 0.5) is 11.4 Å². The zero-order chi connectivity index (χ0) is 24.1. The van der Waals surface area contributed by atoms with Gasteiger partial charge in [0.25, 0.3) is 11.8 Å². The molecule has 1 fully saturated rings. The number of carbonyl (C=O) groups excluding carboxylic acids is 2. The minimum atomic E-state index is -3.64. The maximum absolute atomic E-state index is 13.0. The summed E-state index contributed by atoms with van der Waals surface area (Å²) in [6, 6.07) is 19.8. The first-order valence-electron chi connectivity index (χ1n) is 10.9. The zero-order valence-electron chi connectivity index (χ0n) is 18.3.